The third kappa shape index (κ3) is 3.19. The van der Waals surface area contributed by atoms with Gasteiger partial charge in [0.25, 0.3) is 11.9 Å². The van der Waals surface area contributed by atoms with E-state index >= 15 is 0 Å². The van der Waals surface area contributed by atoms with Crippen molar-refractivity contribution < 1.29 is 18.7 Å². The van der Waals surface area contributed by atoms with Crippen molar-refractivity contribution in [2.45, 2.75) is 37.8 Å². The summed E-state index contributed by atoms with van der Waals surface area (Å²) in [5, 5.41) is 2.98. The first-order valence-electron chi connectivity index (χ1n) is 10.6. The predicted octanol–water partition coefficient (Wildman–Crippen LogP) is 3.77. The molecule has 6 rings (SSSR count). The van der Waals surface area contributed by atoms with Crippen LogP contribution in [-0.4, -0.2) is 42.8 Å². The number of carbonyl (C=O) groups is 1. The van der Waals surface area contributed by atoms with E-state index in [2.05, 4.69) is 10.2 Å². The Kier molecular flexibility index (Phi) is 4.16. The van der Waals surface area contributed by atoms with Crippen molar-refractivity contribution in [2.24, 2.45) is 0 Å². The molecule has 3 heterocycles. The lowest BCUT2D eigenvalue weighted by molar-refractivity contribution is 0.00576. The maximum absolute atomic E-state index is 12.8. The van der Waals surface area contributed by atoms with Gasteiger partial charge in [0.15, 0.2) is 5.58 Å². The minimum absolute atomic E-state index is 0.141. The van der Waals surface area contributed by atoms with Crippen LogP contribution in [0.4, 0.5) is 11.7 Å². The third-order valence-corrected chi connectivity index (χ3v) is 5.98. The summed E-state index contributed by atoms with van der Waals surface area (Å²) >= 11 is 0. The fourth-order valence-corrected chi connectivity index (χ4v) is 4.16. The minimum atomic E-state index is -0.141. The van der Waals surface area contributed by atoms with Crippen LogP contribution in [0.5, 0.6) is 5.75 Å². The number of nitrogens with zero attached hydrogens (tertiary/aromatic N) is 2. The van der Waals surface area contributed by atoms with Crippen LogP contribution in [-0.2, 0) is 11.2 Å². The summed E-state index contributed by atoms with van der Waals surface area (Å²) in [6, 6.07) is 12.7. The van der Waals surface area contributed by atoms with E-state index in [4.69, 9.17) is 18.9 Å². The Balaban J connectivity index is 1.23. The van der Waals surface area contributed by atoms with Gasteiger partial charge in [0.2, 0.25) is 0 Å². The van der Waals surface area contributed by atoms with Gasteiger partial charge in [0, 0.05) is 17.3 Å². The van der Waals surface area contributed by atoms with Crippen molar-refractivity contribution in [3.8, 4) is 5.75 Å². The monoisotopic (exact) mass is 405 g/mol. The van der Waals surface area contributed by atoms with E-state index in [0.29, 0.717) is 29.3 Å². The molecule has 7 heteroatoms. The second-order valence-corrected chi connectivity index (χ2v) is 8.24. The summed E-state index contributed by atoms with van der Waals surface area (Å²) in [5.41, 5.74) is 3.88. The normalized spacial score (nSPS) is 18.4. The van der Waals surface area contributed by atoms with Crippen LogP contribution in [0.2, 0.25) is 0 Å². The second kappa shape index (κ2) is 7.02. The van der Waals surface area contributed by atoms with Crippen LogP contribution in [0.3, 0.4) is 0 Å². The molecule has 1 amide bonds. The van der Waals surface area contributed by atoms with Crippen molar-refractivity contribution in [1.82, 2.24) is 4.98 Å². The molecule has 0 radical (unpaired) electrons. The molecular weight excluding hydrogens is 382 g/mol. The third-order valence-electron chi connectivity index (χ3n) is 5.98. The lowest BCUT2D eigenvalue weighted by Gasteiger charge is -2.36. The van der Waals surface area contributed by atoms with E-state index in [1.165, 1.54) is 12.8 Å². The van der Waals surface area contributed by atoms with Crippen LogP contribution < -0.4 is 15.0 Å². The highest BCUT2D eigenvalue weighted by Gasteiger charge is 2.40. The highest BCUT2D eigenvalue weighted by molar-refractivity contribution is 6.05. The number of aryl methyl sites for hydroxylation is 1. The van der Waals surface area contributed by atoms with Crippen molar-refractivity contribution in [3.05, 3.63) is 47.5 Å². The first-order chi connectivity index (χ1) is 14.7. The standard InChI is InChI=1S/C23H23N3O4/c27-22(15-3-7-20-14(10-15)2-1-9-29-20)24-16-4-8-21-19(11-16)25-23(30-21)26(17-5-6-17)18-12-28-13-18/h3-4,7-8,10-11,17-18H,1-2,5-6,9,12-13H2,(H,24,27). The summed E-state index contributed by atoms with van der Waals surface area (Å²) in [7, 11) is 0. The van der Waals surface area contributed by atoms with E-state index in [1.807, 2.05) is 30.3 Å². The average molecular weight is 405 g/mol. The Morgan fingerprint density at radius 2 is 2.00 bits per heavy atom. The van der Waals surface area contributed by atoms with Gasteiger partial charge in [-0.1, -0.05) is 0 Å². The van der Waals surface area contributed by atoms with Crippen molar-refractivity contribution in [3.63, 3.8) is 0 Å². The maximum atomic E-state index is 12.8. The molecule has 1 N–H and O–H groups in total. The fourth-order valence-electron chi connectivity index (χ4n) is 4.16. The molecule has 7 nitrogen and oxygen atoms in total. The Morgan fingerprint density at radius 1 is 1.10 bits per heavy atom. The first kappa shape index (κ1) is 17.8. The van der Waals surface area contributed by atoms with E-state index in [-0.39, 0.29) is 5.91 Å². The number of aromatic nitrogens is 1. The van der Waals surface area contributed by atoms with Gasteiger partial charge in [-0.3, -0.25) is 4.79 Å². The summed E-state index contributed by atoms with van der Waals surface area (Å²) in [4.78, 5) is 19.7. The zero-order valence-electron chi connectivity index (χ0n) is 16.6. The molecule has 0 unspecified atom stereocenters. The number of benzene rings is 2. The quantitative estimate of drug-likeness (QED) is 0.696. The van der Waals surface area contributed by atoms with E-state index in [9.17, 15) is 4.79 Å². The number of amides is 1. The van der Waals surface area contributed by atoms with Crippen LogP contribution in [0.15, 0.2) is 40.8 Å². The molecule has 2 aliphatic heterocycles. The molecule has 3 aliphatic rings. The number of hydrogen-bond acceptors (Lipinski definition) is 6. The molecule has 154 valence electrons. The van der Waals surface area contributed by atoms with Crippen molar-refractivity contribution >= 4 is 28.7 Å². The highest BCUT2D eigenvalue weighted by atomic mass is 16.5. The van der Waals surface area contributed by atoms with Gasteiger partial charge in [-0.15, -0.1) is 0 Å². The van der Waals surface area contributed by atoms with Gasteiger partial charge in [0.05, 0.1) is 25.9 Å². The van der Waals surface area contributed by atoms with Crippen LogP contribution in [0.1, 0.15) is 35.2 Å². The molecule has 1 saturated carbocycles. The highest BCUT2D eigenvalue weighted by Crippen LogP contribution is 2.36. The Bertz CT molecular complexity index is 1120. The van der Waals surface area contributed by atoms with Crippen LogP contribution >= 0.6 is 0 Å². The van der Waals surface area contributed by atoms with Crippen LogP contribution in [0, 0.1) is 0 Å². The molecule has 0 spiro atoms. The molecule has 0 atom stereocenters. The fraction of sp³-hybridized carbons (Fsp3) is 0.391. The number of hydrogen-bond donors (Lipinski definition) is 1. The molecule has 1 saturated heterocycles. The zero-order valence-corrected chi connectivity index (χ0v) is 16.6. The van der Waals surface area contributed by atoms with E-state index in [1.54, 1.807) is 6.07 Å². The SMILES string of the molecule is O=C(Nc1ccc2oc(N(C3CC3)C3COC3)nc2c1)c1ccc2c(c1)CCCO2. The molecule has 0 bridgehead atoms. The zero-order chi connectivity index (χ0) is 20.1. The number of nitrogens with one attached hydrogen (secondary N) is 1. The predicted molar refractivity (Wildman–Crippen MR) is 112 cm³/mol. The Morgan fingerprint density at radius 3 is 2.80 bits per heavy atom. The largest absolute Gasteiger partial charge is 0.493 e. The lowest BCUT2D eigenvalue weighted by atomic mass is 10.0. The topological polar surface area (TPSA) is 76.8 Å². The first-order valence-corrected chi connectivity index (χ1v) is 10.6. The van der Waals surface area contributed by atoms with Gasteiger partial charge in [-0.05, 0) is 67.6 Å². The van der Waals surface area contributed by atoms with Gasteiger partial charge in [-0.2, -0.15) is 4.98 Å². The summed E-state index contributed by atoms with van der Waals surface area (Å²) in [6.45, 7) is 2.19. The van der Waals surface area contributed by atoms with Crippen molar-refractivity contribution in [1.29, 1.82) is 0 Å². The van der Waals surface area contributed by atoms with Crippen molar-refractivity contribution in [2.75, 3.05) is 30.0 Å². The summed E-state index contributed by atoms with van der Waals surface area (Å²) in [5.74, 6) is 0.740. The van der Waals surface area contributed by atoms with Gasteiger partial charge in [-0.25, -0.2) is 0 Å². The molecule has 1 aromatic heterocycles. The number of rotatable bonds is 5. The average Bonchev–Trinajstić information content (AvgIpc) is 3.48. The number of anilines is 2. The Hall–Kier alpha value is -3.06. The minimum Gasteiger partial charge on any atom is -0.493 e. The van der Waals surface area contributed by atoms with Crippen LogP contribution in [0.25, 0.3) is 11.1 Å². The van der Waals surface area contributed by atoms with E-state index < -0.39 is 0 Å². The van der Waals surface area contributed by atoms with Gasteiger partial charge in [0.1, 0.15) is 11.3 Å². The maximum Gasteiger partial charge on any atom is 0.299 e. The molecule has 2 fully saturated rings. The number of ether oxygens (including phenoxy) is 2. The second-order valence-electron chi connectivity index (χ2n) is 8.24. The Labute approximate surface area is 174 Å². The number of carbonyl (C=O) groups excluding carboxylic acids is 1. The molecule has 2 aromatic carbocycles. The molecular formula is C23H23N3O4. The summed E-state index contributed by atoms with van der Waals surface area (Å²) < 4.78 is 17.0. The molecule has 30 heavy (non-hydrogen) atoms. The van der Waals surface area contributed by atoms with Gasteiger partial charge >= 0.3 is 0 Å². The number of oxazole rings is 1. The lowest BCUT2D eigenvalue weighted by Crippen LogP contribution is -2.50. The smallest absolute Gasteiger partial charge is 0.299 e. The number of fused-ring (bicyclic) bond motifs is 2. The molecule has 1 aliphatic carbocycles. The molecule has 3 aromatic rings. The van der Waals surface area contributed by atoms with Gasteiger partial charge < -0.3 is 24.1 Å². The summed E-state index contributed by atoms with van der Waals surface area (Å²) in [6.07, 6.45) is 4.26. The van der Waals surface area contributed by atoms with E-state index in [0.717, 1.165) is 55.1 Å².